The molecule has 0 saturated heterocycles. The Morgan fingerprint density at radius 2 is 1.35 bits per heavy atom. The van der Waals surface area contributed by atoms with Gasteiger partial charge in [0.25, 0.3) is 0 Å². The van der Waals surface area contributed by atoms with Crippen molar-refractivity contribution < 1.29 is 0 Å². The second kappa shape index (κ2) is 10.7. The third-order valence-corrected chi connectivity index (χ3v) is 5.46. The van der Waals surface area contributed by atoms with Crippen LogP contribution in [0.1, 0.15) is 117 Å². The van der Waals surface area contributed by atoms with Crippen LogP contribution in [-0.4, -0.2) is 0 Å². The lowest BCUT2D eigenvalue weighted by atomic mass is 9.68. The fourth-order valence-corrected chi connectivity index (χ4v) is 4.08. The average molecular weight is 281 g/mol. The van der Waals surface area contributed by atoms with Crippen molar-refractivity contribution in [1.29, 1.82) is 0 Å². The lowest BCUT2D eigenvalue weighted by Gasteiger charge is -2.38. The van der Waals surface area contributed by atoms with Crippen LogP contribution in [0.3, 0.4) is 0 Å². The summed E-state index contributed by atoms with van der Waals surface area (Å²) < 4.78 is 0. The van der Waals surface area contributed by atoms with Gasteiger partial charge in [-0.2, -0.15) is 0 Å². The van der Waals surface area contributed by atoms with Crippen LogP contribution in [0.4, 0.5) is 0 Å². The summed E-state index contributed by atoms with van der Waals surface area (Å²) >= 11 is 0. The molecule has 0 nitrogen and oxygen atoms in total. The summed E-state index contributed by atoms with van der Waals surface area (Å²) in [6, 6.07) is 0. The predicted octanol–water partition coefficient (Wildman–Crippen LogP) is 7.51. The van der Waals surface area contributed by atoms with E-state index in [2.05, 4.69) is 20.8 Å². The highest BCUT2D eigenvalue weighted by Crippen LogP contribution is 2.44. The predicted molar refractivity (Wildman–Crippen MR) is 92.2 cm³/mol. The molecular formula is C20H40. The minimum atomic E-state index is 0.769. The zero-order valence-corrected chi connectivity index (χ0v) is 14.7. The van der Waals surface area contributed by atoms with Crippen LogP contribution in [-0.2, 0) is 0 Å². The maximum absolute atomic E-state index is 2.35. The summed E-state index contributed by atoms with van der Waals surface area (Å²) in [5.41, 5.74) is 0.769. The van der Waals surface area contributed by atoms with Crippen molar-refractivity contribution in [3.05, 3.63) is 0 Å². The molecule has 1 rings (SSSR count). The molecule has 0 N–H and O–H groups in total. The summed E-state index contributed by atoms with van der Waals surface area (Å²) in [5.74, 6) is 0.897. The number of unbranched alkanes of at least 4 members (excludes halogenated alkanes) is 5. The summed E-state index contributed by atoms with van der Waals surface area (Å²) in [6.07, 6.45) is 22.4. The molecule has 1 aliphatic rings. The van der Waals surface area contributed by atoms with Crippen molar-refractivity contribution in [3.63, 3.8) is 0 Å². The molecule has 0 unspecified atom stereocenters. The van der Waals surface area contributed by atoms with E-state index < -0.39 is 0 Å². The zero-order chi connectivity index (χ0) is 14.7. The van der Waals surface area contributed by atoms with Crippen LogP contribution < -0.4 is 0 Å². The molecule has 120 valence electrons. The summed E-state index contributed by atoms with van der Waals surface area (Å²) in [5, 5.41) is 0. The van der Waals surface area contributed by atoms with E-state index in [4.69, 9.17) is 0 Å². The first-order valence-electron chi connectivity index (χ1n) is 9.68. The van der Waals surface area contributed by atoms with Gasteiger partial charge in [0.05, 0.1) is 0 Å². The highest BCUT2D eigenvalue weighted by molar-refractivity contribution is 4.82. The van der Waals surface area contributed by atoms with Crippen LogP contribution in [0.25, 0.3) is 0 Å². The monoisotopic (exact) mass is 280 g/mol. The van der Waals surface area contributed by atoms with Gasteiger partial charge < -0.3 is 0 Å². The minimum Gasteiger partial charge on any atom is -0.0654 e. The summed E-state index contributed by atoms with van der Waals surface area (Å²) in [4.78, 5) is 0. The first-order valence-corrected chi connectivity index (χ1v) is 9.68. The molecule has 0 aliphatic heterocycles. The van der Waals surface area contributed by atoms with Crippen LogP contribution >= 0.6 is 0 Å². The molecule has 1 aliphatic carbocycles. The van der Waals surface area contributed by atoms with Crippen LogP contribution in [0, 0.1) is 11.3 Å². The van der Waals surface area contributed by atoms with E-state index in [1.165, 1.54) is 77.0 Å². The third kappa shape index (κ3) is 7.70. The maximum Gasteiger partial charge on any atom is -0.0297 e. The van der Waals surface area contributed by atoms with E-state index in [-0.39, 0.29) is 0 Å². The summed E-state index contributed by atoms with van der Waals surface area (Å²) in [6.45, 7) is 7.04. The highest BCUT2D eigenvalue weighted by Gasteiger charge is 2.30. The van der Waals surface area contributed by atoms with Crippen molar-refractivity contribution >= 4 is 0 Å². The molecule has 0 heterocycles. The molecule has 0 aromatic carbocycles. The van der Waals surface area contributed by atoms with Crippen molar-refractivity contribution in [1.82, 2.24) is 0 Å². The second-order valence-electron chi connectivity index (χ2n) is 7.86. The first-order chi connectivity index (χ1) is 9.68. The molecule has 0 bridgehead atoms. The van der Waals surface area contributed by atoms with E-state index in [1.54, 1.807) is 19.3 Å². The lowest BCUT2D eigenvalue weighted by Crippen LogP contribution is -2.24. The van der Waals surface area contributed by atoms with E-state index in [1.807, 2.05) is 0 Å². The SMILES string of the molecule is CCCCCC1(CCCCCCC(C)C)CCCCC1. The van der Waals surface area contributed by atoms with Crippen LogP contribution in [0.15, 0.2) is 0 Å². The van der Waals surface area contributed by atoms with Gasteiger partial charge in [0.2, 0.25) is 0 Å². The normalized spacial score (nSPS) is 18.6. The number of hydrogen-bond donors (Lipinski definition) is 0. The van der Waals surface area contributed by atoms with Crippen molar-refractivity contribution in [3.8, 4) is 0 Å². The Morgan fingerprint density at radius 3 is 1.95 bits per heavy atom. The van der Waals surface area contributed by atoms with E-state index >= 15 is 0 Å². The van der Waals surface area contributed by atoms with E-state index in [0.29, 0.717) is 0 Å². The highest BCUT2D eigenvalue weighted by atomic mass is 14.4. The van der Waals surface area contributed by atoms with Crippen LogP contribution in [0.2, 0.25) is 0 Å². The molecule has 1 saturated carbocycles. The second-order valence-corrected chi connectivity index (χ2v) is 7.86. The minimum absolute atomic E-state index is 0.769. The van der Waals surface area contributed by atoms with Crippen molar-refractivity contribution in [2.45, 2.75) is 117 Å². The smallest absolute Gasteiger partial charge is 0.0297 e. The molecule has 0 radical (unpaired) electrons. The molecule has 20 heavy (non-hydrogen) atoms. The Morgan fingerprint density at radius 1 is 0.750 bits per heavy atom. The van der Waals surface area contributed by atoms with Gasteiger partial charge in [-0.15, -0.1) is 0 Å². The molecule has 1 fully saturated rings. The Bertz CT molecular complexity index is 210. The molecule has 0 atom stereocenters. The molecule has 0 aromatic heterocycles. The quantitative estimate of drug-likeness (QED) is 0.343. The van der Waals surface area contributed by atoms with Crippen LogP contribution in [0.5, 0.6) is 0 Å². The Hall–Kier alpha value is 0. The summed E-state index contributed by atoms with van der Waals surface area (Å²) in [7, 11) is 0. The van der Waals surface area contributed by atoms with E-state index in [0.717, 1.165) is 11.3 Å². The van der Waals surface area contributed by atoms with Gasteiger partial charge in [-0.3, -0.25) is 0 Å². The zero-order valence-electron chi connectivity index (χ0n) is 14.7. The van der Waals surface area contributed by atoms with Gasteiger partial charge in [0, 0.05) is 0 Å². The topological polar surface area (TPSA) is 0 Å². The van der Waals surface area contributed by atoms with Crippen molar-refractivity contribution in [2.24, 2.45) is 11.3 Å². The average Bonchev–Trinajstić information content (AvgIpc) is 2.44. The lowest BCUT2D eigenvalue weighted by molar-refractivity contribution is 0.147. The maximum atomic E-state index is 2.35. The molecule has 0 aromatic rings. The van der Waals surface area contributed by atoms with Crippen molar-refractivity contribution in [2.75, 3.05) is 0 Å². The standard InChI is InChI=1S/C20H40/c1-4-5-10-15-20(17-12-8-13-18-20)16-11-7-6-9-14-19(2)3/h19H,4-18H2,1-3H3. The van der Waals surface area contributed by atoms with Gasteiger partial charge in [-0.25, -0.2) is 0 Å². The Labute approximate surface area is 129 Å². The Balaban J connectivity index is 2.19. The van der Waals surface area contributed by atoms with Gasteiger partial charge in [-0.05, 0) is 37.0 Å². The van der Waals surface area contributed by atoms with Gasteiger partial charge in [0.15, 0.2) is 0 Å². The largest absolute Gasteiger partial charge is 0.0654 e. The number of rotatable bonds is 11. The van der Waals surface area contributed by atoms with Gasteiger partial charge >= 0.3 is 0 Å². The molecule has 0 spiro atoms. The number of hydrogen-bond acceptors (Lipinski definition) is 0. The first kappa shape index (κ1) is 18.1. The van der Waals surface area contributed by atoms with Gasteiger partial charge in [0.1, 0.15) is 0 Å². The molecule has 0 amide bonds. The molecule has 0 heteroatoms. The fraction of sp³-hybridized carbons (Fsp3) is 1.00. The third-order valence-electron chi connectivity index (χ3n) is 5.46. The van der Waals surface area contributed by atoms with E-state index in [9.17, 15) is 0 Å². The molecular weight excluding hydrogens is 240 g/mol. The Kier molecular flexibility index (Phi) is 9.65. The fourth-order valence-electron chi connectivity index (χ4n) is 4.08. The van der Waals surface area contributed by atoms with Gasteiger partial charge in [-0.1, -0.05) is 91.4 Å².